The van der Waals surface area contributed by atoms with Crippen LogP contribution in [0.4, 0.5) is 0 Å². The van der Waals surface area contributed by atoms with Crippen LogP contribution in [-0.2, 0) is 38.4 Å². The van der Waals surface area contributed by atoms with E-state index in [-0.39, 0.29) is 19.0 Å². The van der Waals surface area contributed by atoms with Gasteiger partial charge in [0.1, 0.15) is 18.6 Å². The minimum Gasteiger partial charge on any atom is -0.480 e. The van der Waals surface area contributed by atoms with Crippen LogP contribution in [0.1, 0.15) is 25.7 Å². The summed E-state index contributed by atoms with van der Waals surface area (Å²) in [6, 6.07) is -1.55. The van der Waals surface area contributed by atoms with Gasteiger partial charge in [-0.25, -0.2) is 0 Å². The number of hydrogen-bond acceptors (Lipinski definition) is 9. The molecule has 0 unspecified atom stereocenters. The van der Waals surface area contributed by atoms with Crippen molar-refractivity contribution in [2.45, 2.75) is 37.8 Å². The molecule has 0 saturated carbocycles. The quantitative estimate of drug-likeness (QED) is 0.114. The molecule has 2 aliphatic rings. The largest absolute Gasteiger partial charge is 0.480 e. The summed E-state index contributed by atoms with van der Waals surface area (Å²) < 4.78 is 0. The van der Waals surface area contributed by atoms with Crippen LogP contribution in [0.5, 0.6) is 0 Å². The van der Waals surface area contributed by atoms with E-state index in [9.17, 15) is 38.4 Å². The van der Waals surface area contributed by atoms with E-state index >= 15 is 0 Å². The molecule has 2 heterocycles. The molecule has 0 aromatic heterocycles. The number of nitrogens with two attached hydrogens (primary N) is 1. The SMILES string of the molecule is NCC(=O)N1CCC[C@H]1C(=O)NCC(=O)NCC(=O)NCC(=O)N1CCC[C@H]1C(=O)NCC(=O)NCC(=O)O. The first-order valence-corrected chi connectivity index (χ1v) is 12.4. The van der Waals surface area contributed by atoms with Gasteiger partial charge in [0.25, 0.3) is 0 Å². The van der Waals surface area contributed by atoms with Crippen molar-refractivity contribution in [3.63, 3.8) is 0 Å². The molecular formula is C22H34N8O9. The van der Waals surface area contributed by atoms with Gasteiger partial charge in [-0.2, -0.15) is 0 Å². The topological polar surface area (TPSA) is 249 Å². The van der Waals surface area contributed by atoms with E-state index in [4.69, 9.17) is 10.8 Å². The number of nitrogens with one attached hydrogen (secondary N) is 5. The van der Waals surface area contributed by atoms with Gasteiger partial charge in [0.05, 0.1) is 32.7 Å². The maximum Gasteiger partial charge on any atom is 0.322 e. The molecule has 0 bridgehead atoms. The van der Waals surface area contributed by atoms with Crippen LogP contribution in [0.15, 0.2) is 0 Å². The third-order valence-electron chi connectivity index (χ3n) is 6.09. The standard InChI is InChI=1S/C22H34N8O9/c23-7-18(34)29-5-1-3-13(29)21(38)27-9-16(32)24-8-15(31)25-11-19(35)30-6-2-4-14(30)22(39)28-10-17(33)26-12-20(36)37/h13-14H,1-12,23H2,(H,24,32)(H,25,31)(H,26,33)(H,27,38)(H,28,39)(H,36,37)/t13-,14-/m0/s1. The molecule has 0 aliphatic carbocycles. The number of rotatable bonds is 13. The van der Waals surface area contributed by atoms with Crippen LogP contribution in [-0.4, -0.2) is 127 Å². The summed E-state index contributed by atoms with van der Waals surface area (Å²) in [5, 5.41) is 20.1. The fraction of sp³-hybridized carbons (Fsp3) is 0.636. The molecule has 0 aromatic carbocycles. The van der Waals surface area contributed by atoms with E-state index in [0.717, 1.165) is 0 Å². The van der Waals surface area contributed by atoms with Gasteiger partial charge in [-0.3, -0.25) is 38.4 Å². The number of carbonyl (C=O) groups excluding carboxylic acids is 7. The Morgan fingerprint density at radius 2 is 1.03 bits per heavy atom. The van der Waals surface area contributed by atoms with Crippen molar-refractivity contribution in [1.29, 1.82) is 0 Å². The van der Waals surface area contributed by atoms with Crippen molar-refractivity contribution in [3.05, 3.63) is 0 Å². The number of aliphatic carboxylic acids is 1. The van der Waals surface area contributed by atoms with Gasteiger partial charge in [-0.1, -0.05) is 0 Å². The molecule has 0 aromatic rings. The summed E-state index contributed by atoms with van der Waals surface area (Å²) in [6.45, 7) is -1.88. The lowest BCUT2D eigenvalue weighted by atomic mass is 10.2. The maximum absolute atomic E-state index is 12.5. The highest BCUT2D eigenvalue weighted by molar-refractivity contribution is 5.94. The monoisotopic (exact) mass is 554 g/mol. The predicted octanol–water partition coefficient (Wildman–Crippen LogP) is -5.41. The Labute approximate surface area is 223 Å². The minimum atomic E-state index is -1.23. The molecule has 39 heavy (non-hydrogen) atoms. The molecule has 0 spiro atoms. The minimum absolute atomic E-state index is 0.220. The molecule has 2 fully saturated rings. The average molecular weight is 555 g/mol. The van der Waals surface area contributed by atoms with Gasteiger partial charge in [0, 0.05) is 13.1 Å². The highest BCUT2D eigenvalue weighted by Gasteiger charge is 2.35. The Hall–Kier alpha value is -4.28. The van der Waals surface area contributed by atoms with Crippen molar-refractivity contribution in [2.24, 2.45) is 5.73 Å². The molecule has 216 valence electrons. The molecule has 7 amide bonds. The number of nitrogens with zero attached hydrogens (tertiary/aromatic N) is 2. The molecular weight excluding hydrogens is 520 g/mol. The van der Waals surface area contributed by atoms with E-state index in [1.165, 1.54) is 9.80 Å². The number of likely N-dealkylation sites (tertiary alicyclic amines) is 2. The van der Waals surface area contributed by atoms with Crippen LogP contribution in [0.3, 0.4) is 0 Å². The molecule has 17 heteroatoms. The van der Waals surface area contributed by atoms with Crippen molar-refractivity contribution in [2.75, 3.05) is 52.4 Å². The summed E-state index contributed by atoms with van der Waals surface area (Å²) in [4.78, 5) is 97.8. The van der Waals surface area contributed by atoms with Crippen LogP contribution in [0.25, 0.3) is 0 Å². The Bertz CT molecular complexity index is 989. The lowest BCUT2D eigenvalue weighted by Gasteiger charge is -2.24. The normalized spacial score (nSPS) is 18.2. The van der Waals surface area contributed by atoms with Crippen molar-refractivity contribution < 1.29 is 43.5 Å². The number of hydrogen-bond donors (Lipinski definition) is 7. The fourth-order valence-electron chi connectivity index (χ4n) is 4.18. The first-order chi connectivity index (χ1) is 18.5. The second-order valence-electron chi connectivity index (χ2n) is 8.85. The smallest absolute Gasteiger partial charge is 0.322 e. The zero-order valence-corrected chi connectivity index (χ0v) is 21.3. The second-order valence-corrected chi connectivity index (χ2v) is 8.85. The molecule has 2 atom stereocenters. The van der Waals surface area contributed by atoms with Gasteiger partial charge in [0.2, 0.25) is 41.4 Å². The lowest BCUT2D eigenvalue weighted by Crippen LogP contribution is -2.51. The first-order valence-electron chi connectivity index (χ1n) is 12.4. The summed E-state index contributed by atoms with van der Waals surface area (Å²) in [7, 11) is 0. The number of carboxylic acids is 1. The van der Waals surface area contributed by atoms with E-state index in [1.54, 1.807) is 0 Å². The Kier molecular flexibility index (Phi) is 12.1. The average Bonchev–Trinajstić information content (AvgIpc) is 3.61. The molecule has 2 aliphatic heterocycles. The van der Waals surface area contributed by atoms with Crippen LogP contribution in [0.2, 0.25) is 0 Å². The third-order valence-corrected chi connectivity index (χ3v) is 6.09. The van der Waals surface area contributed by atoms with Crippen LogP contribution in [0, 0.1) is 0 Å². The van der Waals surface area contributed by atoms with Gasteiger partial charge in [0.15, 0.2) is 0 Å². The number of carboxylic acid groups (broad SMARTS) is 1. The van der Waals surface area contributed by atoms with Crippen molar-refractivity contribution >= 4 is 47.3 Å². The molecule has 17 nitrogen and oxygen atoms in total. The van der Waals surface area contributed by atoms with Gasteiger partial charge in [-0.05, 0) is 25.7 Å². The molecule has 0 radical (unpaired) electrons. The van der Waals surface area contributed by atoms with Crippen molar-refractivity contribution in [1.82, 2.24) is 36.4 Å². The van der Waals surface area contributed by atoms with Gasteiger partial charge in [-0.15, -0.1) is 0 Å². The third kappa shape index (κ3) is 9.84. The Morgan fingerprint density at radius 1 is 0.615 bits per heavy atom. The van der Waals surface area contributed by atoms with E-state index in [2.05, 4.69) is 26.6 Å². The predicted molar refractivity (Wildman–Crippen MR) is 131 cm³/mol. The molecule has 2 saturated heterocycles. The van der Waals surface area contributed by atoms with Gasteiger partial charge < -0.3 is 47.2 Å². The summed E-state index contributed by atoms with van der Waals surface area (Å²) in [6.07, 6.45) is 1.98. The summed E-state index contributed by atoms with van der Waals surface area (Å²) >= 11 is 0. The Balaban J connectivity index is 1.68. The molecule has 2 rings (SSSR count). The highest BCUT2D eigenvalue weighted by atomic mass is 16.4. The van der Waals surface area contributed by atoms with Gasteiger partial charge >= 0.3 is 5.97 Å². The zero-order chi connectivity index (χ0) is 28.9. The van der Waals surface area contributed by atoms with Crippen molar-refractivity contribution in [3.8, 4) is 0 Å². The number of carbonyl (C=O) groups is 8. The lowest BCUT2D eigenvalue weighted by molar-refractivity contribution is -0.139. The van der Waals surface area contributed by atoms with E-state index in [1.807, 2.05) is 0 Å². The fourth-order valence-corrected chi connectivity index (χ4v) is 4.18. The maximum atomic E-state index is 12.5. The first kappa shape index (κ1) is 30.9. The zero-order valence-electron chi connectivity index (χ0n) is 21.3. The Morgan fingerprint density at radius 3 is 1.49 bits per heavy atom. The molecule has 8 N–H and O–H groups in total. The van der Waals surface area contributed by atoms with E-state index < -0.39 is 86.2 Å². The summed E-state index contributed by atoms with van der Waals surface area (Å²) in [5.74, 6) is -5.23. The van der Waals surface area contributed by atoms with E-state index in [0.29, 0.717) is 32.2 Å². The highest BCUT2D eigenvalue weighted by Crippen LogP contribution is 2.18. The summed E-state index contributed by atoms with van der Waals surface area (Å²) in [5.41, 5.74) is 5.35. The van der Waals surface area contributed by atoms with Crippen LogP contribution < -0.4 is 32.3 Å². The van der Waals surface area contributed by atoms with Crippen LogP contribution >= 0.6 is 0 Å². The second kappa shape index (κ2) is 15.2. The number of amides is 7.